The lowest BCUT2D eigenvalue weighted by Crippen LogP contribution is -2.26. The predicted octanol–water partition coefficient (Wildman–Crippen LogP) is 0.781. The first kappa shape index (κ1) is 9.11. The molecular formula is C8H8F2N2O2. The second-order valence-corrected chi connectivity index (χ2v) is 3.49. The van der Waals surface area contributed by atoms with Crippen molar-refractivity contribution in [2.24, 2.45) is 7.05 Å². The summed E-state index contributed by atoms with van der Waals surface area (Å²) in [5.41, 5.74) is -1.97. The molecule has 1 aliphatic rings. The van der Waals surface area contributed by atoms with Crippen molar-refractivity contribution >= 4 is 5.97 Å². The average molecular weight is 202 g/mol. The van der Waals surface area contributed by atoms with Crippen LogP contribution in [0.4, 0.5) is 8.78 Å². The molecule has 1 aromatic heterocycles. The first-order chi connectivity index (χ1) is 6.40. The fourth-order valence-electron chi connectivity index (χ4n) is 1.60. The highest BCUT2D eigenvalue weighted by molar-refractivity contribution is 5.87. The van der Waals surface area contributed by atoms with Crippen LogP contribution >= 0.6 is 0 Å². The number of alkyl halides is 2. The minimum atomic E-state index is -3.15. The second kappa shape index (κ2) is 2.31. The molecular weight excluding hydrogens is 194 g/mol. The van der Waals surface area contributed by atoms with Gasteiger partial charge in [0, 0.05) is 25.2 Å². The molecule has 0 bridgehead atoms. The number of halogens is 2. The van der Waals surface area contributed by atoms with Crippen molar-refractivity contribution < 1.29 is 18.7 Å². The zero-order valence-electron chi connectivity index (χ0n) is 7.37. The quantitative estimate of drug-likeness (QED) is 0.771. The highest BCUT2D eigenvalue weighted by Gasteiger charge is 2.77. The minimum Gasteiger partial charge on any atom is -0.480 e. The van der Waals surface area contributed by atoms with Crippen LogP contribution in [0.25, 0.3) is 0 Å². The van der Waals surface area contributed by atoms with E-state index in [2.05, 4.69) is 5.10 Å². The molecule has 1 fully saturated rings. The third kappa shape index (κ3) is 0.906. The number of hydrogen-bond donors (Lipinski definition) is 1. The maximum absolute atomic E-state index is 13.0. The van der Waals surface area contributed by atoms with Crippen molar-refractivity contribution in [3.63, 3.8) is 0 Å². The number of carboxylic acids is 1. The second-order valence-electron chi connectivity index (χ2n) is 3.49. The Kier molecular flexibility index (Phi) is 1.51. The number of hydrogen-bond acceptors (Lipinski definition) is 2. The lowest BCUT2D eigenvalue weighted by molar-refractivity contribution is -0.142. The van der Waals surface area contributed by atoms with Crippen LogP contribution < -0.4 is 0 Å². The summed E-state index contributed by atoms with van der Waals surface area (Å²) in [4.78, 5) is 10.8. The minimum absolute atomic E-state index is 0.0671. The summed E-state index contributed by atoms with van der Waals surface area (Å²) in [5, 5.41) is 12.5. The molecule has 76 valence electrons. The Morgan fingerprint density at radius 2 is 2.29 bits per heavy atom. The fourth-order valence-corrected chi connectivity index (χ4v) is 1.60. The molecule has 0 amide bonds. The van der Waals surface area contributed by atoms with E-state index in [4.69, 9.17) is 5.11 Å². The molecule has 1 aliphatic carbocycles. The SMILES string of the molecule is Cn1cc(C2(C(=O)O)CC2(F)F)cn1. The highest BCUT2D eigenvalue weighted by atomic mass is 19.3. The largest absolute Gasteiger partial charge is 0.480 e. The van der Waals surface area contributed by atoms with Crippen LogP contribution in [0, 0.1) is 0 Å². The van der Waals surface area contributed by atoms with Crippen LogP contribution in [0.5, 0.6) is 0 Å². The molecule has 1 atom stereocenters. The Morgan fingerprint density at radius 3 is 2.57 bits per heavy atom. The number of carbonyl (C=O) groups is 1. The van der Waals surface area contributed by atoms with Crippen molar-refractivity contribution in [2.45, 2.75) is 17.8 Å². The van der Waals surface area contributed by atoms with Crippen LogP contribution in [0.15, 0.2) is 12.4 Å². The Bertz CT molecular complexity index is 402. The molecule has 0 radical (unpaired) electrons. The molecule has 6 heteroatoms. The van der Waals surface area contributed by atoms with Crippen molar-refractivity contribution in [3.05, 3.63) is 18.0 Å². The molecule has 1 N–H and O–H groups in total. The zero-order valence-corrected chi connectivity index (χ0v) is 7.37. The van der Waals surface area contributed by atoms with Gasteiger partial charge in [0.15, 0.2) is 5.41 Å². The van der Waals surface area contributed by atoms with Gasteiger partial charge in [-0.25, -0.2) is 8.78 Å². The number of aromatic nitrogens is 2. The summed E-state index contributed by atoms with van der Waals surface area (Å²) in [7, 11) is 1.56. The summed E-state index contributed by atoms with van der Waals surface area (Å²) in [6.45, 7) is 0. The fraction of sp³-hybridized carbons (Fsp3) is 0.500. The number of nitrogens with zero attached hydrogens (tertiary/aromatic N) is 2. The maximum atomic E-state index is 13.0. The Labute approximate surface area is 78.1 Å². The lowest BCUT2D eigenvalue weighted by Gasteiger charge is -2.07. The van der Waals surface area contributed by atoms with Gasteiger partial charge in [0.05, 0.1) is 6.20 Å². The van der Waals surface area contributed by atoms with Crippen LogP contribution in [0.2, 0.25) is 0 Å². The van der Waals surface area contributed by atoms with Gasteiger partial charge in [0.1, 0.15) is 0 Å². The lowest BCUT2D eigenvalue weighted by atomic mass is 9.99. The van der Waals surface area contributed by atoms with Crippen LogP contribution in [0.3, 0.4) is 0 Å². The van der Waals surface area contributed by atoms with Gasteiger partial charge in [0.2, 0.25) is 0 Å². The highest BCUT2D eigenvalue weighted by Crippen LogP contribution is 2.61. The van der Waals surface area contributed by atoms with Gasteiger partial charge in [0.25, 0.3) is 5.92 Å². The Morgan fingerprint density at radius 1 is 1.71 bits per heavy atom. The van der Waals surface area contributed by atoms with E-state index in [1.807, 2.05) is 0 Å². The molecule has 1 unspecified atom stereocenters. The van der Waals surface area contributed by atoms with Crippen LogP contribution in [-0.2, 0) is 17.3 Å². The van der Waals surface area contributed by atoms with Gasteiger partial charge in [-0.05, 0) is 0 Å². The molecule has 0 saturated heterocycles. The van der Waals surface area contributed by atoms with Gasteiger partial charge in [-0.2, -0.15) is 5.10 Å². The number of aryl methyl sites for hydroxylation is 1. The van der Waals surface area contributed by atoms with E-state index >= 15 is 0 Å². The average Bonchev–Trinajstić information content (AvgIpc) is 2.44. The van der Waals surface area contributed by atoms with E-state index < -0.39 is 23.7 Å². The van der Waals surface area contributed by atoms with E-state index in [9.17, 15) is 13.6 Å². The van der Waals surface area contributed by atoms with Gasteiger partial charge in [-0.1, -0.05) is 0 Å². The first-order valence-electron chi connectivity index (χ1n) is 4.00. The van der Waals surface area contributed by atoms with Crippen molar-refractivity contribution in [2.75, 3.05) is 0 Å². The Balaban J connectivity index is 2.46. The van der Waals surface area contributed by atoms with Gasteiger partial charge < -0.3 is 5.11 Å². The standard InChI is InChI=1S/C8H8F2N2O2/c1-12-3-5(2-11-12)7(6(13)14)4-8(7,9)10/h2-3H,4H2,1H3,(H,13,14). The number of carboxylic acid groups (broad SMARTS) is 1. The number of rotatable bonds is 2. The van der Waals surface area contributed by atoms with Crippen molar-refractivity contribution in [3.8, 4) is 0 Å². The summed E-state index contributed by atoms with van der Waals surface area (Å²) in [6.07, 6.45) is 1.85. The number of aliphatic carboxylic acids is 1. The smallest absolute Gasteiger partial charge is 0.320 e. The van der Waals surface area contributed by atoms with Crippen molar-refractivity contribution in [1.29, 1.82) is 0 Å². The summed E-state index contributed by atoms with van der Waals surface area (Å²) in [5.74, 6) is -4.64. The topological polar surface area (TPSA) is 55.1 Å². The third-order valence-corrected chi connectivity index (χ3v) is 2.55. The monoisotopic (exact) mass is 202 g/mol. The molecule has 1 saturated carbocycles. The molecule has 14 heavy (non-hydrogen) atoms. The van der Waals surface area contributed by atoms with Crippen LogP contribution in [0.1, 0.15) is 12.0 Å². The summed E-state index contributed by atoms with van der Waals surface area (Å²) >= 11 is 0. The molecule has 1 aromatic rings. The Hall–Kier alpha value is -1.46. The normalized spacial score (nSPS) is 28.8. The van der Waals surface area contributed by atoms with Crippen LogP contribution in [-0.4, -0.2) is 26.8 Å². The molecule has 1 heterocycles. The third-order valence-electron chi connectivity index (χ3n) is 2.55. The zero-order chi connectivity index (χ0) is 10.6. The van der Waals surface area contributed by atoms with Crippen molar-refractivity contribution in [1.82, 2.24) is 9.78 Å². The first-order valence-corrected chi connectivity index (χ1v) is 4.00. The van der Waals surface area contributed by atoms with E-state index in [1.54, 1.807) is 7.05 Å². The van der Waals surface area contributed by atoms with Gasteiger partial charge >= 0.3 is 5.97 Å². The molecule has 0 aliphatic heterocycles. The molecule has 2 rings (SSSR count). The predicted molar refractivity (Wildman–Crippen MR) is 42.1 cm³/mol. The maximum Gasteiger partial charge on any atom is 0.320 e. The molecule has 4 nitrogen and oxygen atoms in total. The van der Waals surface area contributed by atoms with E-state index in [0.717, 1.165) is 0 Å². The molecule has 0 spiro atoms. The van der Waals surface area contributed by atoms with E-state index in [-0.39, 0.29) is 5.56 Å². The summed E-state index contributed by atoms with van der Waals surface area (Å²) in [6, 6.07) is 0. The molecule has 0 aromatic carbocycles. The van der Waals surface area contributed by atoms with E-state index in [0.29, 0.717) is 0 Å². The summed E-state index contributed by atoms with van der Waals surface area (Å²) < 4.78 is 27.3. The van der Waals surface area contributed by atoms with Gasteiger partial charge in [-0.3, -0.25) is 9.48 Å². The van der Waals surface area contributed by atoms with E-state index in [1.165, 1.54) is 17.1 Å². The van der Waals surface area contributed by atoms with Gasteiger partial charge in [-0.15, -0.1) is 0 Å².